The molecule has 0 radical (unpaired) electrons. The molecule has 2 heteroatoms. The molecule has 1 aromatic carbocycles. The first-order valence-electron chi connectivity index (χ1n) is 8.26. The van der Waals surface area contributed by atoms with Gasteiger partial charge in [0.05, 0.1) is 0 Å². The maximum atomic E-state index is 3.83. The Morgan fingerprint density at radius 3 is 2.90 bits per heavy atom. The normalized spacial score (nSPS) is 25.0. The van der Waals surface area contributed by atoms with Crippen molar-refractivity contribution in [1.82, 2.24) is 10.2 Å². The minimum atomic E-state index is 0.625. The van der Waals surface area contributed by atoms with E-state index in [-0.39, 0.29) is 0 Å². The fraction of sp³-hybridized carbons (Fsp3) is 0.667. The second kappa shape index (κ2) is 6.28. The molecule has 1 aromatic rings. The van der Waals surface area contributed by atoms with Gasteiger partial charge >= 0.3 is 0 Å². The van der Waals surface area contributed by atoms with E-state index in [0.29, 0.717) is 6.04 Å². The van der Waals surface area contributed by atoms with Crippen LogP contribution < -0.4 is 5.32 Å². The molecular formula is C18H28N2. The summed E-state index contributed by atoms with van der Waals surface area (Å²) in [7, 11) is 0. The van der Waals surface area contributed by atoms with Crippen LogP contribution in [0, 0.1) is 6.92 Å². The lowest BCUT2D eigenvalue weighted by molar-refractivity contribution is 0.312. The molecule has 2 aliphatic rings. The summed E-state index contributed by atoms with van der Waals surface area (Å²) in [5, 5.41) is 3.83. The second-order valence-electron chi connectivity index (χ2n) is 6.81. The quantitative estimate of drug-likeness (QED) is 0.856. The van der Waals surface area contributed by atoms with E-state index in [1.165, 1.54) is 56.3 Å². The Morgan fingerprint density at radius 2 is 2.15 bits per heavy atom. The molecule has 1 heterocycles. The van der Waals surface area contributed by atoms with Crippen LogP contribution >= 0.6 is 0 Å². The summed E-state index contributed by atoms with van der Waals surface area (Å²) in [4.78, 5) is 2.69. The van der Waals surface area contributed by atoms with Crippen molar-refractivity contribution < 1.29 is 0 Å². The number of rotatable bonds is 6. The van der Waals surface area contributed by atoms with Gasteiger partial charge in [0.15, 0.2) is 0 Å². The number of nitrogens with one attached hydrogen (secondary N) is 1. The number of likely N-dealkylation sites (tertiary alicyclic amines) is 1. The van der Waals surface area contributed by atoms with Crippen LogP contribution in [0.4, 0.5) is 0 Å². The van der Waals surface area contributed by atoms with Crippen molar-refractivity contribution in [3.63, 3.8) is 0 Å². The van der Waals surface area contributed by atoms with Crippen molar-refractivity contribution in [2.45, 2.75) is 64.1 Å². The fourth-order valence-electron chi connectivity index (χ4n) is 3.43. The van der Waals surface area contributed by atoms with Gasteiger partial charge in [0.25, 0.3) is 0 Å². The van der Waals surface area contributed by atoms with Crippen molar-refractivity contribution in [2.24, 2.45) is 0 Å². The average Bonchev–Trinajstić information content (AvgIpc) is 3.18. The molecule has 0 aromatic heterocycles. The third kappa shape index (κ3) is 3.83. The monoisotopic (exact) mass is 272 g/mol. The molecule has 2 atom stereocenters. The van der Waals surface area contributed by atoms with Crippen molar-refractivity contribution in [3.05, 3.63) is 35.4 Å². The molecule has 110 valence electrons. The van der Waals surface area contributed by atoms with Crippen molar-refractivity contribution in [2.75, 3.05) is 13.1 Å². The predicted octanol–water partition coefficient (Wildman–Crippen LogP) is 3.14. The Labute approximate surface area is 123 Å². The molecule has 1 aliphatic heterocycles. The van der Waals surface area contributed by atoms with Gasteiger partial charge in [0.2, 0.25) is 0 Å². The molecule has 3 rings (SSSR count). The van der Waals surface area contributed by atoms with Gasteiger partial charge in [0.1, 0.15) is 0 Å². The molecule has 2 unspecified atom stereocenters. The first-order chi connectivity index (χ1) is 9.70. The number of aryl methyl sites for hydroxylation is 2. The highest BCUT2D eigenvalue weighted by Gasteiger charge is 2.34. The number of hydrogen-bond donors (Lipinski definition) is 1. The van der Waals surface area contributed by atoms with Crippen molar-refractivity contribution in [3.8, 4) is 0 Å². The van der Waals surface area contributed by atoms with Gasteiger partial charge in [-0.2, -0.15) is 0 Å². The highest BCUT2D eigenvalue weighted by atomic mass is 15.2. The summed E-state index contributed by atoms with van der Waals surface area (Å²) >= 11 is 0. The lowest BCUT2D eigenvalue weighted by Crippen LogP contribution is -2.39. The molecule has 0 bridgehead atoms. The summed E-state index contributed by atoms with van der Waals surface area (Å²) in [6.07, 6.45) is 6.65. The van der Waals surface area contributed by atoms with E-state index < -0.39 is 0 Å². The van der Waals surface area contributed by atoms with Crippen LogP contribution in [0.15, 0.2) is 24.3 Å². The second-order valence-corrected chi connectivity index (χ2v) is 6.81. The minimum absolute atomic E-state index is 0.625. The van der Waals surface area contributed by atoms with E-state index in [1.54, 1.807) is 0 Å². The fourth-order valence-corrected chi connectivity index (χ4v) is 3.43. The Bertz CT molecular complexity index is 439. The molecule has 0 amide bonds. The van der Waals surface area contributed by atoms with Crippen LogP contribution in [-0.2, 0) is 6.42 Å². The van der Waals surface area contributed by atoms with Crippen LogP contribution in [0.5, 0.6) is 0 Å². The number of nitrogens with zero attached hydrogens (tertiary/aromatic N) is 1. The van der Waals surface area contributed by atoms with Gasteiger partial charge in [0, 0.05) is 31.2 Å². The molecule has 2 fully saturated rings. The van der Waals surface area contributed by atoms with E-state index in [4.69, 9.17) is 0 Å². The Kier molecular flexibility index (Phi) is 4.42. The summed E-state index contributed by atoms with van der Waals surface area (Å²) in [6.45, 7) is 7.11. The lowest BCUT2D eigenvalue weighted by atomic mass is 10.0. The maximum absolute atomic E-state index is 3.83. The summed E-state index contributed by atoms with van der Waals surface area (Å²) in [6, 6.07) is 11.2. The van der Waals surface area contributed by atoms with Gasteiger partial charge in [-0.05, 0) is 51.5 Å². The van der Waals surface area contributed by atoms with Crippen LogP contribution in [0.25, 0.3) is 0 Å². The van der Waals surface area contributed by atoms with Gasteiger partial charge in [-0.3, -0.25) is 4.90 Å². The standard InChI is InChI=1S/C18H28N2/c1-14-4-3-5-16(12-14)7-6-15(2)19-17-10-11-20(13-17)18-8-9-18/h3-5,12,15,17-19H,6-11,13H2,1-2H3. The Hall–Kier alpha value is -0.860. The molecular weight excluding hydrogens is 244 g/mol. The molecule has 1 N–H and O–H groups in total. The highest BCUT2D eigenvalue weighted by Crippen LogP contribution is 2.29. The van der Waals surface area contributed by atoms with Gasteiger partial charge in [-0.15, -0.1) is 0 Å². The van der Waals surface area contributed by atoms with E-state index in [2.05, 4.69) is 48.3 Å². The SMILES string of the molecule is Cc1cccc(CCC(C)NC2CCN(C3CC3)C2)c1. The van der Waals surface area contributed by atoms with Crippen molar-refractivity contribution >= 4 is 0 Å². The van der Waals surface area contributed by atoms with Crippen LogP contribution in [0.2, 0.25) is 0 Å². The highest BCUT2D eigenvalue weighted by molar-refractivity contribution is 5.22. The first-order valence-corrected chi connectivity index (χ1v) is 8.26. The van der Waals surface area contributed by atoms with E-state index in [0.717, 1.165) is 12.1 Å². The van der Waals surface area contributed by atoms with Crippen LogP contribution in [0.3, 0.4) is 0 Å². The van der Waals surface area contributed by atoms with Crippen LogP contribution in [-0.4, -0.2) is 36.1 Å². The molecule has 2 nitrogen and oxygen atoms in total. The first kappa shape index (κ1) is 14.1. The third-order valence-corrected chi connectivity index (χ3v) is 4.75. The van der Waals surface area contributed by atoms with Gasteiger partial charge in [-0.25, -0.2) is 0 Å². The molecule has 1 aliphatic carbocycles. The van der Waals surface area contributed by atoms with E-state index >= 15 is 0 Å². The molecule has 1 saturated heterocycles. The van der Waals surface area contributed by atoms with Crippen molar-refractivity contribution in [1.29, 1.82) is 0 Å². The van der Waals surface area contributed by atoms with E-state index in [1.807, 2.05) is 0 Å². The molecule has 0 spiro atoms. The predicted molar refractivity (Wildman–Crippen MR) is 85.1 cm³/mol. The summed E-state index contributed by atoms with van der Waals surface area (Å²) < 4.78 is 0. The Balaban J connectivity index is 1.40. The summed E-state index contributed by atoms with van der Waals surface area (Å²) in [5.41, 5.74) is 2.85. The largest absolute Gasteiger partial charge is 0.310 e. The zero-order valence-corrected chi connectivity index (χ0v) is 12.9. The summed E-state index contributed by atoms with van der Waals surface area (Å²) in [5.74, 6) is 0. The average molecular weight is 272 g/mol. The zero-order valence-electron chi connectivity index (χ0n) is 12.9. The maximum Gasteiger partial charge on any atom is 0.0209 e. The zero-order chi connectivity index (χ0) is 13.9. The van der Waals surface area contributed by atoms with Gasteiger partial charge in [-0.1, -0.05) is 29.8 Å². The van der Waals surface area contributed by atoms with E-state index in [9.17, 15) is 0 Å². The smallest absolute Gasteiger partial charge is 0.0209 e. The topological polar surface area (TPSA) is 15.3 Å². The van der Waals surface area contributed by atoms with Gasteiger partial charge < -0.3 is 5.32 Å². The number of benzene rings is 1. The number of hydrogen-bond acceptors (Lipinski definition) is 2. The minimum Gasteiger partial charge on any atom is -0.310 e. The molecule has 20 heavy (non-hydrogen) atoms. The Morgan fingerprint density at radius 1 is 1.30 bits per heavy atom. The van der Waals surface area contributed by atoms with Crippen LogP contribution in [0.1, 0.15) is 43.7 Å². The molecule has 1 saturated carbocycles. The third-order valence-electron chi connectivity index (χ3n) is 4.75. The lowest BCUT2D eigenvalue weighted by Gasteiger charge is -2.20.